The second kappa shape index (κ2) is 9.86. The van der Waals surface area contributed by atoms with E-state index in [1.54, 1.807) is 16.9 Å². The van der Waals surface area contributed by atoms with Gasteiger partial charge in [0.2, 0.25) is 0 Å². The Bertz CT molecular complexity index is 473. The first-order valence-electron chi connectivity index (χ1n) is 6.29. The van der Waals surface area contributed by atoms with Gasteiger partial charge in [-0.3, -0.25) is 10.1 Å². The van der Waals surface area contributed by atoms with Crippen LogP contribution in [0.4, 0.5) is 10.5 Å². The summed E-state index contributed by atoms with van der Waals surface area (Å²) in [5, 5.41) is 11.5. The number of nitrogens with zero attached hydrogens (tertiary/aromatic N) is 2. The van der Waals surface area contributed by atoms with Gasteiger partial charge >= 0.3 is 5.43 Å². The minimum Gasteiger partial charge on any atom is -0.454 e. The number of rotatable bonds is 9. The van der Waals surface area contributed by atoms with Gasteiger partial charge in [-0.05, 0) is 29.7 Å². The Kier molecular flexibility index (Phi) is 8.48. The molecule has 0 fully saturated rings. The van der Waals surface area contributed by atoms with E-state index in [9.17, 15) is 14.9 Å². The van der Waals surface area contributed by atoms with Gasteiger partial charge in [0, 0.05) is 22.9 Å². The molecule has 0 aliphatic rings. The number of carbonyl (C=O) groups is 1. The first-order valence-corrected chi connectivity index (χ1v) is 8.88. The van der Waals surface area contributed by atoms with E-state index in [1.165, 1.54) is 23.1 Å². The number of nitro groups is 1. The Morgan fingerprint density at radius 3 is 2.81 bits per heavy atom. The summed E-state index contributed by atoms with van der Waals surface area (Å²) < 4.78 is 4.73. The third-order valence-electron chi connectivity index (χ3n) is 2.47. The summed E-state index contributed by atoms with van der Waals surface area (Å²) >= 11 is 5.11. The molecule has 1 aromatic heterocycles. The van der Waals surface area contributed by atoms with Crippen molar-refractivity contribution in [2.45, 2.75) is 36.5 Å². The van der Waals surface area contributed by atoms with Gasteiger partial charge in [-0.1, -0.05) is 24.1 Å². The lowest BCUT2D eigenvalue weighted by molar-refractivity contribution is -0.385. The number of halogens is 1. The number of aromatic nitrogens is 1. The Labute approximate surface area is 135 Å². The summed E-state index contributed by atoms with van der Waals surface area (Å²) in [5.41, 5.74) is -0.816. The molecule has 0 aliphatic carbocycles. The van der Waals surface area contributed by atoms with Crippen LogP contribution >= 0.6 is 33.2 Å². The molecule has 116 valence electrons. The maximum atomic E-state index is 10.5. The van der Waals surface area contributed by atoms with Crippen LogP contribution in [0.15, 0.2) is 23.4 Å². The average molecular weight is 351 g/mol. The van der Waals surface area contributed by atoms with E-state index in [0.717, 1.165) is 12.8 Å². The predicted octanol–water partition coefficient (Wildman–Crippen LogP) is 4.66. The molecule has 1 unspecified atom stereocenters. The molecule has 9 heteroatoms. The van der Waals surface area contributed by atoms with Gasteiger partial charge in [-0.2, -0.15) is 0 Å². The van der Waals surface area contributed by atoms with Crippen molar-refractivity contribution in [3.63, 3.8) is 0 Å². The van der Waals surface area contributed by atoms with E-state index in [0.29, 0.717) is 16.7 Å². The summed E-state index contributed by atoms with van der Waals surface area (Å²) in [4.78, 5) is 24.6. The van der Waals surface area contributed by atoms with Crippen LogP contribution < -0.4 is 0 Å². The molecule has 1 heterocycles. The smallest absolute Gasteiger partial charge is 0.403 e. The first kappa shape index (κ1) is 18.1. The third kappa shape index (κ3) is 7.54. The van der Waals surface area contributed by atoms with Crippen molar-refractivity contribution >= 4 is 44.3 Å². The number of hydrogen-bond acceptors (Lipinski definition) is 7. The van der Waals surface area contributed by atoms with Crippen molar-refractivity contribution in [1.82, 2.24) is 4.98 Å². The molecule has 0 radical (unpaired) electrons. The molecular formula is C12H15ClN2O4S2. The molecule has 1 atom stereocenters. The highest BCUT2D eigenvalue weighted by molar-refractivity contribution is 8.76. The van der Waals surface area contributed by atoms with Crippen molar-refractivity contribution in [2.75, 3.05) is 6.61 Å². The SMILES string of the molecule is CCCC(CCOC(=O)Cl)SSc1ccc([N+](=O)[O-])cn1. The van der Waals surface area contributed by atoms with Crippen LogP contribution in [0.1, 0.15) is 26.2 Å². The maximum absolute atomic E-state index is 10.5. The van der Waals surface area contributed by atoms with E-state index in [2.05, 4.69) is 11.9 Å². The molecule has 0 aliphatic heterocycles. The lowest BCUT2D eigenvalue weighted by Gasteiger charge is -2.14. The van der Waals surface area contributed by atoms with Crippen molar-refractivity contribution in [3.8, 4) is 0 Å². The van der Waals surface area contributed by atoms with Crippen LogP contribution in [0.2, 0.25) is 0 Å². The number of carbonyl (C=O) groups excluding carboxylic acids is 1. The molecule has 0 spiro atoms. The van der Waals surface area contributed by atoms with E-state index < -0.39 is 10.4 Å². The van der Waals surface area contributed by atoms with Crippen molar-refractivity contribution in [1.29, 1.82) is 0 Å². The largest absolute Gasteiger partial charge is 0.454 e. The molecule has 0 N–H and O–H groups in total. The minimum atomic E-state index is -0.792. The zero-order chi connectivity index (χ0) is 15.7. The standard InChI is InChI=1S/C12H15ClN2O4S2/c1-2-3-10(6-7-19-12(13)16)20-21-11-5-4-9(8-14-11)15(17)18/h4-5,8,10H,2-3,6-7H2,1H3. The lowest BCUT2D eigenvalue weighted by atomic mass is 10.2. The normalized spacial score (nSPS) is 11.9. The van der Waals surface area contributed by atoms with Crippen molar-refractivity contribution in [2.24, 2.45) is 0 Å². The molecule has 0 amide bonds. The summed E-state index contributed by atoms with van der Waals surface area (Å²) in [6.45, 7) is 2.37. The van der Waals surface area contributed by atoms with E-state index >= 15 is 0 Å². The van der Waals surface area contributed by atoms with Gasteiger partial charge in [0.15, 0.2) is 0 Å². The lowest BCUT2D eigenvalue weighted by Crippen LogP contribution is -2.07. The molecule has 0 saturated carbocycles. The van der Waals surface area contributed by atoms with E-state index in [-0.39, 0.29) is 12.3 Å². The van der Waals surface area contributed by atoms with Crippen molar-refractivity contribution < 1.29 is 14.5 Å². The average Bonchev–Trinajstić information content (AvgIpc) is 2.44. The van der Waals surface area contributed by atoms with Gasteiger partial charge in [0.1, 0.15) is 11.2 Å². The van der Waals surface area contributed by atoms with Gasteiger partial charge < -0.3 is 4.74 Å². The highest BCUT2D eigenvalue weighted by atomic mass is 35.5. The fourth-order valence-corrected chi connectivity index (χ4v) is 4.11. The van der Waals surface area contributed by atoms with Gasteiger partial charge in [-0.15, -0.1) is 0 Å². The molecule has 6 nitrogen and oxygen atoms in total. The molecular weight excluding hydrogens is 336 g/mol. The number of pyridine rings is 1. The second-order valence-electron chi connectivity index (χ2n) is 4.08. The highest BCUT2D eigenvalue weighted by Gasteiger charge is 2.12. The van der Waals surface area contributed by atoms with Crippen LogP contribution in [0, 0.1) is 10.1 Å². The molecule has 21 heavy (non-hydrogen) atoms. The zero-order valence-electron chi connectivity index (χ0n) is 11.4. The fraction of sp³-hybridized carbons (Fsp3) is 0.500. The maximum Gasteiger partial charge on any atom is 0.403 e. The Morgan fingerprint density at radius 1 is 1.52 bits per heavy atom. The van der Waals surface area contributed by atoms with Gasteiger partial charge in [-0.25, -0.2) is 9.78 Å². The minimum absolute atomic E-state index is 0.0246. The summed E-state index contributed by atoms with van der Waals surface area (Å²) in [6.07, 6.45) is 3.94. The third-order valence-corrected chi connectivity index (χ3v) is 5.45. The molecule has 0 saturated heterocycles. The van der Waals surface area contributed by atoms with Crippen LogP contribution in [-0.4, -0.2) is 27.2 Å². The van der Waals surface area contributed by atoms with Gasteiger partial charge in [0.05, 0.1) is 11.5 Å². The highest BCUT2D eigenvalue weighted by Crippen LogP contribution is 2.36. The van der Waals surface area contributed by atoms with Crippen LogP contribution in [0.25, 0.3) is 0 Å². The van der Waals surface area contributed by atoms with Crippen LogP contribution in [0.3, 0.4) is 0 Å². The first-order chi connectivity index (χ1) is 10.0. The van der Waals surface area contributed by atoms with E-state index in [4.69, 9.17) is 16.3 Å². The summed E-state index contributed by atoms with van der Waals surface area (Å²) in [7, 11) is 3.07. The molecule has 1 aromatic rings. The summed E-state index contributed by atoms with van der Waals surface area (Å²) in [6, 6.07) is 3.05. The van der Waals surface area contributed by atoms with Crippen molar-refractivity contribution in [3.05, 3.63) is 28.4 Å². The van der Waals surface area contributed by atoms with Crippen LogP contribution in [0.5, 0.6) is 0 Å². The van der Waals surface area contributed by atoms with Crippen LogP contribution in [-0.2, 0) is 4.74 Å². The Hall–Kier alpha value is -0.990. The monoisotopic (exact) mass is 350 g/mol. The quantitative estimate of drug-likeness (QED) is 0.277. The fourth-order valence-electron chi connectivity index (χ4n) is 1.48. The predicted molar refractivity (Wildman–Crippen MR) is 84.9 cm³/mol. The Balaban J connectivity index is 2.44. The van der Waals surface area contributed by atoms with Gasteiger partial charge in [0.25, 0.3) is 5.69 Å². The number of ether oxygens (including phenoxy) is 1. The second-order valence-corrected chi connectivity index (χ2v) is 6.91. The zero-order valence-corrected chi connectivity index (χ0v) is 13.7. The molecule has 0 bridgehead atoms. The topological polar surface area (TPSA) is 82.3 Å². The molecule has 1 rings (SSSR count). The Morgan fingerprint density at radius 2 is 2.29 bits per heavy atom. The molecule has 0 aromatic carbocycles. The summed E-state index contributed by atoms with van der Waals surface area (Å²) in [5.74, 6) is 0. The number of hydrogen-bond donors (Lipinski definition) is 0. The van der Waals surface area contributed by atoms with E-state index in [1.807, 2.05) is 0 Å².